The van der Waals surface area contributed by atoms with Gasteiger partial charge in [-0.15, -0.1) is 0 Å². The Balaban J connectivity index is 2.10. The van der Waals surface area contributed by atoms with Crippen molar-refractivity contribution in [3.63, 3.8) is 0 Å². The smallest absolute Gasteiger partial charge is 0.272 e. The maximum absolute atomic E-state index is 11.9. The molecule has 0 fully saturated rings. The first-order valence-electron chi connectivity index (χ1n) is 6.12. The largest absolute Gasteiger partial charge is 0.356 e. The van der Waals surface area contributed by atoms with Crippen molar-refractivity contribution in [3.05, 3.63) is 52.3 Å². The molecular weight excluding hydrogens is 304 g/mol. The summed E-state index contributed by atoms with van der Waals surface area (Å²) in [5.74, 6) is -0.144. The summed E-state index contributed by atoms with van der Waals surface area (Å²) < 4.78 is 0.862. The number of carbonyl (C=O) groups excluding carboxylic acids is 1. The van der Waals surface area contributed by atoms with E-state index in [1.807, 2.05) is 24.3 Å². The molecule has 0 aliphatic rings. The molecule has 0 saturated heterocycles. The summed E-state index contributed by atoms with van der Waals surface area (Å²) in [6, 6.07) is 9.69. The molecule has 19 heavy (non-hydrogen) atoms. The van der Waals surface area contributed by atoms with Gasteiger partial charge in [-0.2, -0.15) is 0 Å². The van der Waals surface area contributed by atoms with Crippen LogP contribution in [-0.4, -0.2) is 10.9 Å². The van der Waals surface area contributed by atoms with Crippen LogP contribution in [0.3, 0.4) is 0 Å². The van der Waals surface area contributed by atoms with Crippen LogP contribution in [0.4, 0.5) is 5.69 Å². The van der Waals surface area contributed by atoms with E-state index in [0.29, 0.717) is 5.69 Å². The van der Waals surface area contributed by atoms with Crippen molar-refractivity contribution in [2.24, 2.45) is 0 Å². The highest BCUT2D eigenvalue weighted by molar-refractivity contribution is 9.10. The fourth-order valence-electron chi connectivity index (χ4n) is 1.75. The van der Waals surface area contributed by atoms with Crippen LogP contribution in [0.15, 0.2) is 41.0 Å². The van der Waals surface area contributed by atoms with Gasteiger partial charge in [0, 0.05) is 16.4 Å². The lowest BCUT2D eigenvalue weighted by Gasteiger charge is -2.19. The number of aromatic nitrogens is 1. The van der Waals surface area contributed by atoms with E-state index in [1.54, 1.807) is 12.3 Å². The Kier molecular flexibility index (Phi) is 3.80. The van der Waals surface area contributed by atoms with Gasteiger partial charge in [-0.25, -0.2) is 0 Å². The number of benzene rings is 1. The van der Waals surface area contributed by atoms with Crippen molar-refractivity contribution < 1.29 is 4.79 Å². The Hall–Kier alpha value is -1.55. The van der Waals surface area contributed by atoms with E-state index in [1.165, 1.54) is 5.56 Å². The van der Waals surface area contributed by atoms with E-state index in [-0.39, 0.29) is 11.3 Å². The number of carbonyl (C=O) groups is 1. The van der Waals surface area contributed by atoms with Crippen molar-refractivity contribution in [3.8, 4) is 0 Å². The third-order valence-electron chi connectivity index (χ3n) is 2.90. The first kappa shape index (κ1) is 13.9. The van der Waals surface area contributed by atoms with Crippen LogP contribution >= 0.6 is 15.9 Å². The minimum absolute atomic E-state index is 0.118. The highest BCUT2D eigenvalue weighted by atomic mass is 79.9. The zero-order valence-corrected chi connectivity index (χ0v) is 12.8. The third kappa shape index (κ3) is 3.47. The standard InChI is InChI=1S/C15H17BrN2O/c1-15(2,3)10-4-6-12(7-5-10)18-14(19)13-8-11(16)9-17-13/h4-9,17H,1-3H3,(H,18,19). The van der Waals surface area contributed by atoms with E-state index in [4.69, 9.17) is 0 Å². The Morgan fingerprint density at radius 1 is 1.21 bits per heavy atom. The SMILES string of the molecule is CC(C)(C)c1ccc(NC(=O)c2cc(Br)c[nH]2)cc1. The fourth-order valence-corrected chi connectivity index (χ4v) is 2.09. The molecule has 0 unspecified atom stereocenters. The molecule has 2 aromatic rings. The van der Waals surface area contributed by atoms with Crippen LogP contribution < -0.4 is 5.32 Å². The molecule has 1 heterocycles. The Bertz CT molecular complexity index is 579. The number of hydrogen-bond donors (Lipinski definition) is 2. The quantitative estimate of drug-likeness (QED) is 0.850. The number of H-pyrrole nitrogens is 1. The molecule has 4 heteroatoms. The Morgan fingerprint density at radius 3 is 2.32 bits per heavy atom. The molecule has 1 amide bonds. The van der Waals surface area contributed by atoms with E-state index < -0.39 is 0 Å². The Morgan fingerprint density at radius 2 is 1.84 bits per heavy atom. The maximum Gasteiger partial charge on any atom is 0.272 e. The molecule has 0 saturated carbocycles. The van der Waals surface area contributed by atoms with Crippen LogP contribution in [0.1, 0.15) is 36.8 Å². The summed E-state index contributed by atoms with van der Waals surface area (Å²) in [5.41, 5.74) is 2.69. The van der Waals surface area contributed by atoms with Gasteiger partial charge in [0.05, 0.1) is 0 Å². The second-order valence-electron chi connectivity index (χ2n) is 5.51. The number of aromatic amines is 1. The summed E-state index contributed by atoms with van der Waals surface area (Å²) in [6.45, 7) is 6.49. The molecule has 0 radical (unpaired) electrons. The minimum atomic E-state index is -0.144. The van der Waals surface area contributed by atoms with Gasteiger partial charge < -0.3 is 10.3 Å². The summed E-state index contributed by atoms with van der Waals surface area (Å²) in [5, 5.41) is 2.86. The second kappa shape index (κ2) is 5.21. The topological polar surface area (TPSA) is 44.9 Å². The van der Waals surface area contributed by atoms with Crippen molar-refractivity contribution >= 4 is 27.5 Å². The number of hydrogen-bond acceptors (Lipinski definition) is 1. The summed E-state index contributed by atoms with van der Waals surface area (Å²) >= 11 is 3.31. The van der Waals surface area contributed by atoms with E-state index in [0.717, 1.165) is 10.2 Å². The van der Waals surface area contributed by atoms with E-state index in [9.17, 15) is 4.79 Å². The number of rotatable bonds is 2. The monoisotopic (exact) mass is 320 g/mol. The van der Waals surface area contributed by atoms with Gasteiger partial charge in [-0.1, -0.05) is 32.9 Å². The van der Waals surface area contributed by atoms with Crippen molar-refractivity contribution in [2.75, 3.05) is 5.32 Å². The van der Waals surface area contributed by atoms with Gasteiger partial charge >= 0.3 is 0 Å². The normalized spacial score (nSPS) is 11.4. The van der Waals surface area contributed by atoms with Gasteiger partial charge in [0.2, 0.25) is 0 Å². The number of amides is 1. The molecular formula is C15H17BrN2O. The molecule has 1 aromatic heterocycles. The first-order valence-corrected chi connectivity index (χ1v) is 6.91. The molecule has 0 bridgehead atoms. The molecule has 1 aromatic carbocycles. The van der Waals surface area contributed by atoms with Crippen molar-refractivity contribution in [1.82, 2.24) is 4.98 Å². The van der Waals surface area contributed by atoms with Crippen LogP contribution in [0.25, 0.3) is 0 Å². The second-order valence-corrected chi connectivity index (χ2v) is 6.43. The van der Waals surface area contributed by atoms with Crippen LogP contribution in [0, 0.1) is 0 Å². The van der Waals surface area contributed by atoms with Crippen molar-refractivity contribution in [2.45, 2.75) is 26.2 Å². The Labute approximate surface area is 121 Å². The predicted octanol–water partition coefficient (Wildman–Crippen LogP) is 4.33. The van der Waals surface area contributed by atoms with Crippen LogP contribution in [-0.2, 0) is 5.41 Å². The number of nitrogens with one attached hydrogen (secondary N) is 2. The summed E-state index contributed by atoms with van der Waals surface area (Å²) in [6.07, 6.45) is 1.73. The summed E-state index contributed by atoms with van der Waals surface area (Å²) in [4.78, 5) is 14.8. The van der Waals surface area contributed by atoms with Crippen molar-refractivity contribution in [1.29, 1.82) is 0 Å². The molecule has 0 atom stereocenters. The summed E-state index contributed by atoms with van der Waals surface area (Å²) in [7, 11) is 0. The lowest BCUT2D eigenvalue weighted by atomic mass is 9.87. The molecule has 2 N–H and O–H groups in total. The molecule has 3 nitrogen and oxygen atoms in total. The zero-order valence-electron chi connectivity index (χ0n) is 11.3. The van der Waals surface area contributed by atoms with Crippen LogP contribution in [0.5, 0.6) is 0 Å². The minimum Gasteiger partial charge on any atom is -0.356 e. The average molecular weight is 321 g/mol. The van der Waals surface area contributed by atoms with Gasteiger partial charge in [-0.3, -0.25) is 4.79 Å². The highest BCUT2D eigenvalue weighted by Gasteiger charge is 2.13. The van der Waals surface area contributed by atoms with Crippen LogP contribution in [0.2, 0.25) is 0 Å². The lowest BCUT2D eigenvalue weighted by Crippen LogP contribution is -2.13. The average Bonchev–Trinajstić information content (AvgIpc) is 2.75. The van der Waals surface area contributed by atoms with E-state index >= 15 is 0 Å². The zero-order chi connectivity index (χ0) is 14.0. The predicted molar refractivity (Wildman–Crippen MR) is 81.6 cm³/mol. The molecule has 0 aliphatic heterocycles. The van der Waals surface area contributed by atoms with Gasteiger partial charge in [0.1, 0.15) is 5.69 Å². The fraction of sp³-hybridized carbons (Fsp3) is 0.267. The third-order valence-corrected chi connectivity index (χ3v) is 3.36. The first-order chi connectivity index (χ1) is 8.86. The van der Waals surface area contributed by atoms with Gasteiger partial charge in [-0.05, 0) is 45.1 Å². The van der Waals surface area contributed by atoms with Gasteiger partial charge in [0.15, 0.2) is 0 Å². The number of anilines is 1. The molecule has 100 valence electrons. The van der Waals surface area contributed by atoms with Gasteiger partial charge in [0.25, 0.3) is 5.91 Å². The van der Waals surface area contributed by atoms with E-state index in [2.05, 4.69) is 47.0 Å². The number of halogens is 1. The highest BCUT2D eigenvalue weighted by Crippen LogP contribution is 2.23. The lowest BCUT2D eigenvalue weighted by molar-refractivity contribution is 0.102. The molecule has 0 aliphatic carbocycles. The molecule has 2 rings (SSSR count). The maximum atomic E-state index is 11.9. The molecule has 0 spiro atoms.